The molecule has 1 fully saturated rings. The largest absolute Gasteiger partial charge is 0.494 e. The molecule has 0 saturated carbocycles. The Bertz CT molecular complexity index is 1100. The third-order valence-corrected chi connectivity index (χ3v) is 4.83. The van der Waals surface area contributed by atoms with E-state index in [1.807, 2.05) is 6.92 Å². The molecule has 0 spiro atoms. The summed E-state index contributed by atoms with van der Waals surface area (Å²) in [6.45, 7) is 1.62. The summed E-state index contributed by atoms with van der Waals surface area (Å²) in [5, 5.41) is 14.6. The summed E-state index contributed by atoms with van der Waals surface area (Å²) in [6.07, 6.45) is -0.240. The van der Waals surface area contributed by atoms with Crippen LogP contribution < -0.4 is 15.5 Å². The topological polar surface area (TPSA) is 157 Å². The number of carbonyl (C=O) groups excluding carboxylic acids is 4. The molecule has 3 rings (SSSR count). The van der Waals surface area contributed by atoms with Gasteiger partial charge in [-0.1, -0.05) is 12.1 Å². The Labute approximate surface area is 193 Å². The Kier molecular flexibility index (Phi) is 7.75. The Morgan fingerprint density at radius 2 is 1.85 bits per heavy atom. The minimum Gasteiger partial charge on any atom is -0.494 e. The number of nitro benzene ring substituents is 1. The second kappa shape index (κ2) is 10.9. The van der Waals surface area contributed by atoms with Gasteiger partial charge in [0.05, 0.1) is 24.0 Å². The molecule has 34 heavy (non-hydrogen) atoms. The zero-order valence-electron chi connectivity index (χ0n) is 18.2. The number of ether oxygens (including phenoxy) is 2. The highest BCUT2D eigenvalue weighted by molar-refractivity contribution is 5.99. The first kappa shape index (κ1) is 24.2. The summed E-state index contributed by atoms with van der Waals surface area (Å²) in [6, 6.07) is 11.9. The van der Waals surface area contributed by atoms with Crippen LogP contribution in [0.5, 0.6) is 5.75 Å². The van der Waals surface area contributed by atoms with Gasteiger partial charge in [-0.25, -0.2) is 0 Å². The molecular weight excluding hydrogens is 448 g/mol. The summed E-state index contributed by atoms with van der Waals surface area (Å²) in [7, 11) is 0. The Morgan fingerprint density at radius 1 is 1.15 bits per heavy atom. The average molecular weight is 470 g/mol. The van der Waals surface area contributed by atoms with Crippen molar-refractivity contribution in [1.82, 2.24) is 10.4 Å². The lowest BCUT2D eigenvalue weighted by Gasteiger charge is -2.17. The molecular formula is C22H22N4O8. The van der Waals surface area contributed by atoms with Crippen LogP contribution in [-0.4, -0.2) is 53.4 Å². The van der Waals surface area contributed by atoms with Gasteiger partial charge >= 0.3 is 5.97 Å². The van der Waals surface area contributed by atoms with Crippen LogP contribution in [0.1, 0.15) is 23.7 Å². The number of hydrogen-bond donors (Lipinski definition) is 2. The maximum absolute atomic E-state index is 12.4. The number of hydrogen-bond acceptors (Lipinski definition) is 8. The normalized spacial score (nSPS) is 14.9. The minimum absolute atomic E-state index is 0.190. The average Bonchev–Trinajstić information content (AvgIpc) is 3.19. The molecule has 1 aliphatic heterocycles. The monoisotopic (exact) mass is 470 g/mol. The van der Waals surface area contributed by atoms with Crippen molar-refractivity contribution in [2.45, 2.75) is 13.3 Å². The lowest BCUT2D eigenvalue weighted by atomic mass is 10.1. The van der Waals surface area contributed by atoms with Gasteiger partial charge < -0.3 is 14.8 Å². The second-order valence-corrected chi connectivity index (χ2v) is 7.23. The van der Waals surface area contributed by atoms with Gasteiger partial charge in [0.25, 0.3) is 17.5 Å². The van der Waals surface area contributed by atoms with Crippen molar-refractivity contribution in [3.8, 4) is 5.75 Å². The molecule has 3 amide bonds. The molecule has 12 heteroatoms. The molecule has 1 atom stereocenters. The Balaban J connectivity index is 1.49. The fourth-order valence-electron chi connectivity index (χ4n) is 3.23. The molecule has 0 unspecified atom stereocenters. The summed E-state index contributed by atoms with van der Waals surface area (Å²) in [5.74, 6) is -3.02. The number of nitro groups is 1. The van der Waals surface area contributed by atoms with Gasteiger partial charge in [0.1, 0.15) is 11.3 Å². The SMILES string of the molecule is CCOc1ccc(NC(=O)COC(=O)[C@H]2CC(=O)N(NC(=O)c3ccccc3[N+](=O)[O-])C2)cc1. The Hall–Kier alpha value is -4.48. The smallest absolute Gasteiger partial charge is 0.311 e. The molecule has 2 N–H and O–H groups in total. The number of nitrogens with one attached hydrogen (secondary N) is 2. The van der Waals surface area contributed by atoms with E-state index in [-0.39, 0.29) is 18.5 Å². The number of carbonyl (C=O) groups is 4. The van der Waals surface area contributed by atoms with Crippen LogP contribution in [0.2, 0.25) is 0 Å². The van der Waals surface area contributed by atoms with Crippen molar-refractivity contribution in [3.63, 3.8) is 0 Å². The van der Waals surface area contributed by atoms with Gasteiger partial charge in [0, 0.05) is 18.2 Å². The molecule has 12 nitrogen and oxygen atoms in total. The van der Waals surface area contributed by atoms with Gasteiger partial charge in [-0.2, -0.15) is 0 Å². The number of amides is 3. The number of benzene rings is 2. The summed E-state index contributed by atoms with van der Waals surface area (Å²) < 4.78 is 10.3. The minimum atomic E-state index is -0.906. The maximum atomic E-state index is 12.4. The number of rotatable bonds is 9. The molecule has 1 aliphatic rings. The van der Waals surface area contributed by atoms with Gasteiger partial charge in [0.2, 0.25) is 5.91 Å². The fourth-order valence-corrected chi connectivity index (χ4v) is 3.23. The van der Waals surface area contributed by atoms with Crippen LogP contribution in [-0.2, 0) is 19.1 Å². The number of anilines is 1. The highest BCUT2D eigenvalue weighted by atomic mass is 16.6. The van der Waals surface area contributed by atoms with E-state index >= 15 is 0 Å². The maximum Gasteiger partial charge on any atom is 0.311 e. The number of hydrazine groups is 1. The van der Waals surface area contributed by atoms with E-state index in [0.717, 1.165) is 5.01 Å². The van der Waals surface area contributed by atoms with Crippen LogP contribution in [0.15, 0.2) is 48.5 Å². The first-order valence-electron chi connectivity index (χ1n) is 10.3. The third-order valence-electron chi connectivity index (χ3n) is 4.83. The van der Waals surface area contributed by atoms with Crippen molar-refractivity contribution < 1.29 is 33.6 Å². The fraction of sp³-hybridized carbons (Fsp3) is 0.273. The molecule has 1 heterocycles. The van der Waals surface area contributed by atoms with Crippen LogP contribution in [0.25, 0.3) is 0 Å². The molecule has 2 aromatic rings. The van der Waals surface area contributed by atoms with Gasteiger partial charge in [-0.15, -0.1) is 0 Å². The molecule has 178 valence electrons. The van der Waals surface area contributed by atoms with Gasteiger partial charge in [-0.3, -0.25) is 39.7 Å². The van der Waals surface area contributed by atoms with E-state index < -0.39 is 46.8 Å². The lowest BCUT2D eigenvalue weighted by molar-refractivity contribution is -0.385. The zero-order chi connectivity index (χ0) is 24.7. The predicted molar refractivity (Wildman–Crippen MR) is 118 cm³/mol. The van der Waals surface area contributed by atoms with Crippen molar-refractivity contribution in [1.29, 1.82) is 0 Å². The lowest BCUT2D eigenvalue weighted by Crippen LogP contribution is -2.43. The summed E-state index contributed by atoms with van der Waals surface area (Å²) in [5.41, 5.74) is 2.13. The van der Waals surface area contributed by atoms with E-state index in [0.29, 0.717) is 18.0 Å². The second-order valence-electron chi connectivity index (χ2n) is 7.23. The van der Waals surface area contributed by atoms with Crippen molar-refractivity contribution in [2.75, 3.05) is 25.1 Å². The van der Waals surface area contributed by atoms with Gasteiger partial charge in [0.15, 0.2) is 6.61 Å². The van der Waals surface area contributed by atoms with Crippen LogP contribution >= 0.6 is 0 Å². The molecule has 0 aliphatic carbocycles. The standard InChI is InChI=1S/C22H22N4O8/c1-2-33-16-9-7-15(8-10-16)23-19(27)13-34-22(30)14-11-20(28)25(12-14)24-21(29)17-5-3-4-6-18(17)26(31)32/h3-10,14H,2,11-13H2,1H3,(H,23,27)(H,24,29)/t14-/m0/s1. The zero-order valence-corrected chi connectivity index (χ0v) is 18.2. The number of nitrogens with zero attached hydrogens (tertiary/aromatic N) is 2. The van der Waals surface area contributed by atoms with Crippen molar-refractivity contribution >= 4 is 35.1 Å². The van der Waals surface area contributed by atoms with E-state index in [4.69, 9.17) is 9.47 Å². The quantitative estimate of drug-likeness (QED) is 0.318. The highest BCUT2D eigenvalue weighted by Gasteiger charge is 2.37. The number of para-hydroxylation sites is 1. The van der Waals surface area contributed by atoms with Crippen molar-refractivity contribution in [2.24, 2.45) is 5.92 Å². The van der Waals surface area contributed by atoms with Gasteiger partial charge in [-0.05, 0) is 37.3 Å². The van der Waals surface area contributed by atoms with E-state index in [9.17, 15) is 29.3 Å². The molecule has 0 bridgehead atoms. The third kappa shape index (κ3) is 6.06. The molecule has 2 aromatic carbocycles. The van der Waals surface area contributed by atoms with E-state index in [1.54, 1.807) is 24.3 Å². The van der Waals surface area contributed by atoms with Crippen LogP contribution in [0.3, 0.4) is 0 Å². The van der Waals surface area contributed by atoms with Crippen LogP contribution in [0, 0.1) is 16.0 Å². The summed E-state index contributed by atoms with van der Waals surface area (Å²) in [4.78, 5) is 59.4. The molecule has 1 saturated heterocycles. The summed E-state index contributed by atoms with van der Waals surface area (Å²) >= 11 is 0. The highest BCUT2D eigenvalue weighted by Crippen LogP contribution is 2.21. The first-order chi connectivity index (χ1) is 16.3. The van der Waals surface area contributed by atoms with E-state index in [1.165, 1.54) is 24.3 Å². The van der Waals surface area contributed by atoms with E-state index in [2.05, 4.69) is 10.7 Å². The van der Waals surface area contributed by atoms with Crippen LogP contribution in [0.4, 0.5) is 11.4 Å². The number of esters is 1. The molecule has 0 aromatic heterocycles. The predicted octanol–water partition coefficient (Wildman–Crippen LogP) is 1.67. The first-order valence-corrected chi connectivity index (χ1v) is 10.3. The van der Waals surface area contributed by atoms with Crippen molar-refractivity contribution in [3.05, 3.63) is 64.2 Å². The molecule has 0 radical (unpaired) electrons. The Morgan fingerprint density at radius 3 is 2.53 bits per heavy atom.